The van der Waals surface area contributed by atoms with E-state index in [1.165, 1.54) is 51.3 Å². The second-order valence-electron chi connectivity index (χ2n) is 9.80. The zero-order valence-corrected chi connectivity index (χ0v) is 22.9. The third-order valence-corrected chi connectivity index (χ3v) is 10.3. The fourth-order valence-electron chi connectivity index (χ4n) is 4.76. The quantitative estimate of drug-likeness (QED) is 0.201. The second-order valence-corrected chi connectivity index (χ2v) is 12.4. The van der Waals surface area contributed by atoms with E-state index >= 15 is 0 Å². The van der Waals surface area contributed by atoms with Gasteiger partial charge in [0, 0.05) is 9.64 Å². The minimum absolute atomic E-state index is 0.138. The number of rotatable bonds is 9. The van der Waals surface area contributed by atoms with Gasteiger partial charge in [0.15, 0.2) is 0 Å². The third-order valence-electron chi connectivity index (χ3n) is 6.96. The lowest BCUT2D eigenvalue weighted by Gasteiger charge is -2.24. The Morgan fingerprint density at radius 3 is 2.25 bits per heavy atom. The lowest BCUT2D eigenvalue weighted by Crippen LogP contribution is -2.14. The van der Waals surface area contributed by atoms with Crippen LogP contribution in [-0.4, -0.2) is 0 Å². The lowest BCUT2D eigenvalue weighted by atomic mass is 9.89. The largest absolute Gasteiger partial charge is 0.457 e. The maximum absolute atomic E-state index is 12.8. The van der Waals surface area contributed by atoms with Crippen LogP contribution in [0, 0.1) is 13.8 Å². The summed E-state index contributed by atoms with van der Waals surface area (Å²) in [4.78, 5) is 1.49. The molecule has 0 amide bonds. The number of ether oxygens (including phenoxy) is 1. The molecule has 0 bridgehead atoms. The summed E-state index contributed by atoms with van der Waals surface area (Å²) in [6, 6.07) is 15.4. The Bertz CT molecular complexity index is 1200. The monoisotopic (exact) mass is 530 g/mol. The number of alkyl halides is 3. The van der Waals surface area contributed by atoms with Crippen LogP contribution in [0.3, 0.4) is 0 Å². The number of hydrogen-bond donors (Lipinski definition) is 0. The minimum Gasteiger partial charge on any atom is -0.457 e. The van der Waals surface area contributed by atoms with E-state index in [4.69, 9.17) is 4.74 Å². The molecule has 0 aliphatic carbocycles. The standard InChI is InChI=1S/C30H33F3OS2/c1-5-8-26-21(3)11-17-27-28(26)35-36-29(27,4)18-7-6-9-22-19-25(14-10-20(22)2)34-24-15-12-23(13-16-24)30(31,32)33/h10-17,19H,5-9,18H2,1-4H3. The molecule has 36 heavy (non-hydrogen) atoms. The predicted molar refractivity (Wildman–Crippen MR) is 146 cm³/mol. The summed E-state index contributed by atoms with van der Waals surface area (Å²) >= 11 is 0. The van der Waals surface area contributed by atoms with Crippen molar-refractivity contribution in [3.05, 3.63) is 88.0 Å². The van der Waals surface area contributed by atoms with Crippen LogP contribution in [0.5, 0.6) is 11.5 Å². The van der Waals surface area contributed by atoms with E-state index < -0.39 is 11.7 Å². The summed E-state index contributed by atoms with van der Waals surface area (Å²) in [7, 11) is 3.96. The molecular weight excluding hydrogens is 497 g/mol. The highest BCUT2D eigenvalue weighted by atomic mass is 33.1. The van der Waals surface area contributed by atoms with Crippen LogP contribution in [0.15, 0.2) is 59.5 Å². The highest BCUT2D eigenvalue weighted by molar-refractivity contribution is 8.77. The maximum atomic E-state index is 12.8. The van der Waals surface area contributed by atoms with Crippen molar-refractivity contribution in [3.63, 3.8) is 0 Å². The SMILES string of the molecule is CCCc1c(C)ccc2c1SSC2(C)CCCCc1cc(Oc2ccc(C(F)(F)F)cc2)ccc1C. The van der Waals surface area contributed by atoms with Gasteiger partial charge in [0.25, 0.3) is 0 Å². The van der Waals surface area contributed by atoms with Crippen molar-refractivity contribution in [2.75, 3.05) is 0 Å². The van der Waals surface area contributed by atoms with Gasteiger partial charge >= 0.3 is 6.18 Å². The molecule has 192 valence electrons. The van der Waals surface area contributed by atoms with Gasteiger partial charge < -0.3 is 4.74 Å². The smallest absolute Gasteiger partial charge is 0.416 e. The number of unbranched alkanes of at least 4 members (excludes halogenated alkanes) is 1. The summed E-state index contributed by atoms with van der Waals surface area (Å²) in [6.07, 6.45) is 2.25. The molecule has 4 rings (SSSR count). The topological polar surface area (TPSA) is 9.23 Å². The molecular formula is C30H33F3OS2. The van der Waals surface area contributed by atoms with Gasteiger partial charge in [-0.05, 0) is 111 Å². The minimum atomic E-state index is -4.35. The highest BCUT2D eigenvalue weighted by Gasteiger charge is 2.37. The van der Waals surface area contributed by atoms with Crippen LogP contribution in [-0.2, 0) is 23.8 Å². The van der Waals surface area contributed by atoms with Crippen molar-refractivity contribution >= 4 is 21.6 Å². The van der Waals surface area contributed by atoms with Crippen LogP contribution >= 0.6 is 21.6 Å². The maximum Gasteiger partial charge on any atom is 0.416 e. The fraction of sp³-hybridized carbons (Fsp3) is 0.400. The van der Waals surface area contributed by atoms with Gasteiger partial charge in [0.2, 0.25) is 0 Å². The van der Waals surface area contributed by atoms with Crippen molar-refractivity contribution in [3.8, 4) is 11.5 Å². The number of hydrogen-bond acceptors (Lipinski definition) is 3. The van der Waals surface area contributed by atoms with Gasteiger partial charge in [-0.25, -0.2) is 0 Å². The first-order valence-corrected chi connectivity index (χ1v) is 14.7. The van der Waals surface area contributed by atoms with Gasteiger partial charge in [-0.1, -0.05) is 59.6 Å². The van der Waals surface area contributed by atoms with Gasteiger partial charge in [0.1, 0.15) is 11.5 Å². The Morgan fingerprint density at radius 1 is 0.861 bits per heavy atom. The Hall–Kier alpha value is -2.05. The normalized spacial score (nSPS) is 17.3. The molecule has 6 heteroatoms. The van der Waals surface area contributed by atoms with E-state index in [0.29, 0.717) is 11.5 Å². The Balaban J connectivity index is 1.36. The molecule has 1 aliphatic rings. The zero-order valence-electron chi connectivity index (χ0n) is 21.3. The van der Waals surface area contributed by atoms with E-state index in [9.17, 15) is 13.2 Å². The van der Waals surface area contributed by atoms with Gasteiger partial charge in [-0.3, -0.25) is 0 Å². The van der Waals surface area contributed by atoms with Crippen molar-refractivity contribution in [1.29, 1.82) is 0 Å². The van der Waals surface area contributed by atoms with Crippen molar-refractivity contribution < 1.29 is 17.9 Å². The third kappa shape index (κ3) is 6.08. The Morgan fingerprint density at radius 2 is 1.56 bits per heavy atom. The van der Waals surface area contributed by atoms with E-state index in [2.05, 4.69) is 39.8 Å². The lowest BCUT2D eigenvalue weighted by molar-refractivity contribution is -0.137. The number of aryl methyl sites for hydroxylation is 3. The second kappa shape index (κ2) is 11.1. The molecule has 0 aromatic heterocycles. The summed E-state index contributed by atoms with van der Waals surface area (Å²) in [5, 5.41) is 0. The van der Waals surface area contributed by atoms with Gasteiger partial charge in [0.05, 0.1) is 5.56 Å². The molecule has 0 radical (unpaired) electrons. The molecule has 1 heterocycles. The summed E-state index contributed by atoms with van der Waals surface area (Å²) < 4.78 is 44.4. The number of benzene rings is 3. The van der Waals surface area contributed by atoms with E-state index in [1.807, 2.05) is 39.8 Å². The van der Waals surface area contributed by atoms with Crippen molar-refractivity contribution in [2.24, 2.45) is 0 Å². The Labute approximate surface area is 220 Å². The average Bonchev–Trinajstić information content (AvgIpc) is 3.17. The van der Waals surface area contributed by atoms with E-state index in [-0.39, 0.29) is 4.75 Å². The van der Waals surface area contributed by atoms with Crippen LogP contribution in [0.2, 0.25) is 0 Å². The molecule has 0 saturated heterocycles. The predicted octanol–water partition coefficient (Wildman–Crippen LogP) is 10.4. The van der Waals surface area contributed by atoms with Crippen LogP contribution in [0.25, 0.3) is 0 Å². The first kappa shape index (κ1) is 27.0. The number of fused-ring (bicyclic) bond motifs is 1. The van der Waals surface area contributed by atoms with Gasteiger partial charge in [-0.2, -0.15) is 13.2 Å². The van der Waals surface area contributed by atoms with Crippen molar-refractivity contribution in [1.82, 2.24) is 0 Å². The van der Waals surface area contributed by atoms with E-state index in [0.717, 1.165) is 44.2 Å². The highest BCUT2D eigenvalue weighted by Crippen LogP contribution is 2.60. The zero-order chi connectivity index (χ0) is 25.9. The first-order chi connectivity index (χ1) is 17.1. The molecule has 0 saturated carbocycles. The van der Waals surface area contributed by atoms with E-state index in [1.54, 1.807) is 0 Å². The molecule has 3 aromatic carbocycles. The number of halogens is 3. The van der Waals surface area contributed by atoms with Crippen LogP contribution < -0.4 is 4.74 Å². The fourth-order valence-corrected chi connectivity index (χ4v) is 8.22. The molecule has 1 nitrogen and oxygen atoms in total. The average molecular weight is 531 g/mol. The Kier molecular flexibility index (Phi) is 8.35. The van der Waals surface area contributed by atoms with Gasteiger partial charge in [-0.15, -0.1) is 0 Å². The summed E-state index contributed by atoms with van der Waals surface area (Å²) in [6.45, 7) is 8.95. The molecule has 0 spiro atoms. The molecule has 0 N–H and O–H groups in total. The van der Waals surface area contributed by atoms with Crippen molar-refractivity contribution in [2.45, 2.75) is 82.0 Å². The summed E-state index contributed by atoms with van der Waals surface area (Å²) in [5.41, 5.74) is 6.18. The molecule has 3 aromatic rings. The molecule has 1 aliphatic heterocycles. The summed E-state index contributed by atoms with van der Waals surface area (Å²) in [5.74, 6) is 1.05. The molecule has 1 unspecified atom stereocenters. The first-order valence-electron chi connectivity index (χ1n) is 12.5. The molecule has 1 atom stereocenters. The molecule has 0 fully saturated rings. The van der Waals surface area contributed by atoms with Crippen LogP contribution in [0.4, 0.5) is 13.2 Å². The van der Waals surface area contributed by atoms with Crippen LogP contribution in [0.1, 0.15) is 72.9 Å².